The van der Waals surface area contributed by atoms with E-state index in [4.69, 9.17) is 0 Å². The fourth-order valence-corrected chi connectivity index (χ4v) is 2.65. The maximum absolute atomic E-state index is 3.52. The Morgan fingerprint density at radius 3 is 2.40 bits per heavy atom. The molecule has 0 radical (unpaired) electrons. The fourth-order valence-electron chi connectivity index (χ4n) is 2.65. The molecule has 1 aliphatic rings. The first-order valence-corrected chi connectivity index (χ1v) is 6.52. The van der Waals surface area contributed by atoms with Crippen molar-refractivity contribution >= 4 is 0 Å². The minimum Gasteiger partial charge on any atom is -0.314 e. The van der Waals surface area contributed by atoms with Gasteiger partial charge >= 0.3 is 0 Å². The third kappa shape index (κ3) is 2.73. The Morgan fingerprint density at radius 2 is 1.93 bits per heavy atom. The summed E-state index contributed by atoms with van der Waals surface area (Å²) in [5.74, 6) is 0.746. The van der Waals surface area contributed by atoms with Gasteiger partial charge < -0.3 is 5.32 Å². The van der Waals surface area contributed by atoms with Crippen LogP contribution in [0.2, 0.25) is 0 Å². The highest BCUT2D eigenvalue weighted by Crippen LogP contribution is 2.28. The van der Waals surface area contributed by atoms with E-state index in [1.807, 2.05) is 0 Å². The van der Waals surface area contributed by atoms with Crippen molar-refractivity contribution in [1.29, 1.82) is 0 Å². The molecule has 1 rings (SSSR count). The first-order valence-electron chi connectivity index (χ1n) is 6.52. The number of hydrogen-bond donors (Lipinski definition) is 1. The summed E-state index contributed by atoms with van der Waals surface area (Å²) in [6.45, 7) is 15.3. The average Bonchev–Trinajstić information content (AvgIpc) is 2.28. The zero-order valence-electron chi connectivity index (χ0n) is 11.1. The van der Waals surface area contributed by atoms with Gasteiger partial charge in [0.15, 0.2) is 0 Å². The van der Waals surface area contributed by atoms with Crippen molar-refractivity contribution in [1.82, 2.24) is 10.2 Å². The molecule has 15 heavy (non-hydrogen) atoms. The second-order valence-electron chi connectivity index (χ2n) is 5.41. The zero-order chi connectivity index (χ0) is 11.5. The van der Waals surface area contributed by atoms with Crippen molar-refractivity contribution < 1.29 is 0 Å². The van der Waals surface area contributed by atoms with E-state index in [0.29, 0.717) is 11.6 Å². The van der Waals surface area contributed by atoms with Crippen LogP contribution in [0.4, 0.5) is 0 Å². The molecule has 1 fully saturated rings. The molecule has 0 aromatic heterocycles. The van der Waals surface area contributed by atoms with Gasteiger partial charge in [0.2, 0.25) is 0 Å². The summed E-state index contributed by atoms with van der Waals surface area (Å²) in [6.07, 6.45) is 2.51. The molecule has 1 aliphatic heterocycles. The summed E-state index contributed by atoms with van der Waals surface area (Å²) < 4.78 is 0. The Kier molecular flexibility index (Phi) is 4.60. The first-order chi connectivity index (χ1) is 7.05. The molecule has 90 valence electrons. The molecule has 2 nitrogen and oxygen atoms in total. The SMILES string of the molecule is CCC(C)(CC)N1CCNCC1C(C)C. The molecule has 1 N–H and O–H groups in total. The lowest BCUT2D eigenvalue weighted by Gasteiger charge is -2.49. The minimum absolute atomic E-state index is 0.400. The molecule has 0 spiro atoms. The molecule has 2 heteroatoms. The number of nitrogens with zero attached hydrogens (tertiary/aromatic N) is 1. The topological polar surface area (TPSA) is 15.3 Å². The van der Waals surface area contributed by atoms with Crippen LogP contribution < -0.4 is 5.32 Å². The Morgan fingerprint density at radius 1 is 1.33 bits per heavy atom. The van der Waals surface area contributed by atoms with Crippen molar-refractivity contribution in [3.05, 3.63) is 0 Å². The molecule has 0 aromatic rings. The van der Waals surface area contributed by atoms with Crippen LogP contribution in [0, 0.1) is 5.92 Å². The summed E-state index contributed by atoms with van der Waals surface area (Å²) in [5, 5.41) is 3.52. The quantitative estimate of drug-likeness (QED) is 0.770. The maximum atomic E-state index is 3.52. The van der Waals surface area contributed by atoms with Gasteiger partial charge in [0, 0.05) is 31.2 Å². The van der Waals surface area contributed by atoms with Crippen molar-refractivity contribution in [3.8, 4) is 0 Å². The predicted molar refractivity (Wildman–Crippen MR) is 67.2 cm³/mol. The van der Waals surface area contributed by atoms with Gasteiger partial charge in [-0.3, -0.25) is 4.90 Å². The molecular weight excluding hydrogens is 184 g/mol. The molecular formula is C13H28N2. The minimum atomic E-state index is 0.400. The standard InChI is InChI=1S/C13H28N2/c1-6-13(5,7-2)15-9-8-14-10-12(15)11(3)4/h11-12,14H,6-10H2,1-5H3. The van der Waals surface area contributed by atoms with Gasteiger partial charge in [-0.05, 0) is 25.7 Å². The molecule has 1 unspecified atom stereocenters. The molecule has 1 saturated heterocycles. The smallest absolute Gasteiger partial charge is 0.0249 e. The number of hydrogen-bond acceptors (Lipinski definition) is 2. The zero-order valence-corrected chi connectivity index (χ0v) is 11.1. The summed E-state index contributed by atoms with van der Waals surface area (Å²) >= 11 is 0. The van der Waals surface area contributed by atoms with E-state index in [0.717, 1.165) is 19.0 Å². The van der Waals surface area contributed by atoms with Gasteiger partial charge in [-0.25, -0.2) is 0 Å². The van der Waals surface area contributed by atoms with Gasteiger partial charge in [0.1, 0.15) is 0 Å². The van der Waals surface area contributed by atoms with Crippen molar-refractivity contribution in [2.24, 2.45) is 5.92 Å². The van der Waals surface area contributed by atoms with E-state index in [2.05, 4.69) is 44.8 Å². The van der Waals surface area contributed by atoms with Crippen LogP contribution in [0.3, 0.4) is 0 Å². The first kappa shape index (κ1) is 13.0. The third-order valence-corrected chi connectivity index (χ3v) is 4.27. The summed E-state index contributed by atoms with van der Waals surface area (Å²) in [6, 6.07) is 0.712. The Bertz CT molecular complexity index is 185. The van der Waals surface area contributed by atoms with E-state index in [1.54, 1.807) is 0 Å². The van der Waals surface area contributed by atoms with Crippen LogP contribution in [-0.4, -0.2) is 36.1 Å². The van der Waals surface area contributed by atoms with Gasteiger partial charge in [-0.1, -0.05) is 27.7 Å². The van der Waals surface area contributed by atoms with Crippen LogP contribution >= 0.6 is 0 Å². The van der Waals surface area contributed by atoms with Crippen molar-refractivity contribution in [2.45, 2.75) is 59.0 Å². The number of piperazine rings is 1. The lowest BCUT2D eigenvalue weighted by Crippen LogP contribution is -2.61. The highest BCUT2D eigenvalue weighted by atomic mass is 15.3. The molecule has 0 amide bonds. The van der Waals surface area contributed by atoms with Crippen LogP contribution in [0.25, 0.3) is 0 Å². The average molecular weight is 212 g/mol. The van der Waals surface area contributed by atoms with Crippen LogP contribution in [-0.2, 0) is 0 Å². The van der Waals surface area contributed by atoms with Crippen LogP contribution in [0.5, 0.6) is 0 Å². The predicted octanol–water partition coefficient (Wildman–Crippen LogP) is 2.49. The lowest BCUT2D eigenvalue weighted by atomic mass is 9.87. The van der Waals surface area contributed by atoms with Gasteiger partial charge in [-0.2, -0.15) is 0 Å². The Hall–Kier alpha value is -0.0800. The highest BCUT2D eigenvalue weighted by molar-refractivity contribution is 4.93. The molecule has 0 bridgehead atoms. The molecule has 0 saturated carbocycles. The summed E-state index contributed by atoms with van der Waals surface area (Å²) in [7, 11) is 0. The Labute approximate surface area is 95.4 Å². The van der Waals surface area contributed by atoms with Crippen LogP contribution in [0.1, 0.15) is 47.5 Å². The van der Waals surface area contributed by atoms with Gasteiger partial charge in [0.05, 0.1) is 0 Å². The second kappa shape index (κ2) is 5.31. The summed E-state index contributed by atoms with van der Waals surface area (Å²) in [4.78, 5) is 2.74. The van der Waals surface area contributed by atoms with Gasteiger partial charge in [-0.15, -0.1) is 0 Å². The lowest BCUT2D eigenvalue weighted by molar-refractivity contribution is 0.0111. The fraction of sp³-hybridized carbons (Fsp3) is 1.00. The summed E-state index contributed by atoms with van der Waals surface area (Å²) in [5.41, 5.74) is 0.400. The number of rotatable bonds is 4. The monoisotopic (exact) mass is 212 g/mol. The van der Waals surface area contributed by atoms with Gasteiger partial charge in [0.25, 0.3) is 0 Å². The highest BCUT2D eigenvalue weighted by Gasteiger charge is 2.36. The molecule has 1 atom stereocenters. The van der Waals surface area contributed by atoms with E-state index >= 15 is 0 Å². The van der Waals surface area contributed by atoms with Crippen molar-refractivity contribution in [2.75, 3.05) is 19.6 Å². The van der Waals surface area contributed by atoms with E-state index in [-0.39, 0.29) is 0 Å². The van der Waals surface area contributed by atoms with Crippen molar-refractivity contribution in [3.63, 3.8) is 0 Å². The van der Waals surface area contributed by atoms with E-state index in [9.17, 15) is 0 Å². The number of nitrogens with one attached hydrogen (secondary N) is 1. The second-order valence-corrected chi connectivity index (χ2v) is 5.41. The molecule has 1 heterocycles. The largest absolute Gasteiger partial charge is 0.314 e. The van der Waals surface area contributed by atoms with Crippen LogP contribution in [0.15, 0.2) is 0 Å². The van der Waals surface area contributed by atoms with E-state index in [1.165, 1.54) is 19.4 Å². The van der Waals surface area contributed by atoms with E-state index < -0.39 is 0 Å². The molecule has 0 aliphatic carbocycles. The third-order valence-electron chi connectivity index (χ3n) is 4.27. The Balaban J connectivity index is 2.78. The molecule has 0 aromatic carbocycles. The maximum Gasteiger partial charge on any atom is 0.0249 e. The normalized spacial score (nSPS) is 24.8.